The summed E-state index contributed by atoms with van der Waals surface area (Å²) in [5, 5.41) is 36.2. The molecule has 19 nitrogen and oxygen atoms in total. The maximum Gasteiger partial charge on any atom is 0.311 e. The highest BCUT2D eigenvalue weighted by Crippen LogP contribution is 2.42. The van der Waals surface area contributed by atoms with Gasteiger partial charge in [0.1, 0.15) is 0 Å². The summed E-state index contributed by atoms with van der Waals surface area (Å²) in [6.45, 7) is 26.2. The van der Waals surface area contributed by atoms with Crippen LogP contribution < -0.4 is 5.48 Å². The van der Waals surface area contributed by atoms with Gasteiger partial charge in [-0.15, -0.1) is 0 Å². The summed E-state index contributed by atoms with van der Waals surface area (Å²) in [5.41, 5.74) is 1.29. The summed E-state index contributed by atoms with van der Waals surface area (Å²) in [7, 11) is 0. The Bertz CT molecular complexity index is 2610. The van der Waals surface area contributed by atoms with Gasteiger partial charge in [-0.1, -0.05) is 579 Å². The molecule has 752 valence electrons. The van der Waals surface area contributed by atoms with Gasteiger partial charge in [0, 0.05) is 49.7 Å². The number of unbranched alkanes of at least 4 members (excludes halogenated alkanes) is 70. The number of nitrogens with zero attached hydrogens (tertiary/aromatic N) is 8. The Kier molecular flexibility index (Phi) is 88.7. The third kappa shape index (κ3) is 70.4. The second kappa shape index (κ2) is 91.8. The van der Waals surface area contributed by atoms with E-state index in [1.54, 1.807) is 5.48 Å². The second-order valence-corrected chi connectivity index (χ2v) is 40.4. The second-order valence-electron chi connectivity index (χ2n) is 40.4. The van der Waals surface area contributed by atoms with Gasteiger partial charge in [-0.25, -0.2) is 5.48 Å². The number of carbonyl (C=O) groups is 5. The summed E-state index contributed by atoms with van der Waals surface area (Å²) < 4.78 is 0. The first-order chi connectivity index (χ1) is 62.5. The van der Waals surface area contributed by atoms with Crippen molar-refractivity contribution < 1.29 is 48.5 Å². The van der Waals surface area contributed by atoms with Gasteiger partial charge < -0.3 is 19.4 Å². The molecule has 19 heteroatoms. The molecule has 0 aromatic heterocycles. The maximum atomic E-state index is 11.9. The van der Waals surface area contributed by atoms with E-state index in [9.17, 15) is 24.0 Å². The molecule has 0 saturated carbocycles. The van der Waals surface area contributed by atoms with Gasteiger partial charge in [-0.2, -0.15) is 0 Å². The minimum Gasteiger partial charge on any atom is -0.365 e. The summed E-state index contributed by atoms with van der Waals surface area (Å²) in [6.07, 6.45) is 109. The van der Waals surface area contributed by atoms with Crippen LogP contribution in [0.2, 0.25) is 0 Å². The standard InChI is InChI=1S/C24H46N2O2.C23H44N2O2.2C22H42N2O2.C18H37NO2/c1-4-7-8-9-10-11-12-13-14-15-16-17-18-19-20-21-24(5-2,6-3)22-23(27)25-26-28-22;1-4-6-7-8-9-10-11-12-13-14-15-16-17-18-19-20-23(3,5-2)21-22(26)24-25-27-21;1-4-5-6-7-8-9-10-11-12-13-14-15-16-17-18-19-22(2,3)20-21(25)23-24-26-20;1-3-5-6-7-8-9-10-11-12-13-14-15-16-17-18-19-20(4-2)21-22(25)23-24-26-21;1-2-3-4-5-6-7-8-9-10-11-12-13-14-15-16-17-18(20)19-21/h22H,4-21H2,1-3H3;21H,4-20H2,1-3H3;20H,4-19H2,1-3H3;20-21H,3-19H2,1-2H3;21H,2-17H2,1H3,(H,19,20). The monoisotopic (exact) mass is 1810 g/mol. The SMILES string of the molecule is CCCCCCCCCCCCCCCCCC(=O)NO.CCCCCCCCCCCCCCCCCC(C)(C)C1ON=NC1=O.CCCCCCCCCCCCCCCCCC(C)(CC)C1ON=NC1=O.CCCCCCCCCCCCCCCCCC(CC)(CC)C1ON=NC1=O.CCCCCCCCCCCCCCCCCC(CC)C1ON=NC1=O. The zero-order valence-electron chi connectivity index (χ0n) is 86.5. The van der Waals surface area contributed by atoms with Gasteiger partial charge in [-0.3, -0.25) is 29.2 Å². The molecule has 0 spiro atoms. The molecule has 0 aromatic rings. The summed E-state index contributed by atoms with van der Waals surface area (Å²) in [5.74, 6) is -0.803. The van der Waals surface area contributed by atoms with Crippen LogP contribution >= 0.6 is 0 Å². The van der Waals surface area contributed by atoms with Crippen molar-refractivity contribution in [2.24, 2.45) is 63.7 Å². The van der Waals surface area contributed by atoms with Gasteiger partial charge in [0.25, 0.3) is 0 Å². The molecule has 0 saturated heterocycles. The van der Waals surface area contributed by atoms with E-state index in [2.05, 4.69) is 125 Å². The number of hydroxylamine groups is 1. The highest BCUT2D eigenvalue weighted by molar-refractivity contribution is 5.84. The molecule has 0 aliphatic carbocycles. The molecule has 0 radical (unpaired) electrons. The van der Waals surface area contributed by atoms with E-state index in [1.165, 1.54) is 456 Å². The molecular formula is C109H211N9O10. The van der Waals surface area contributed by atoms with Crippen LogP contribution in [0.5, 0.6) is 0 Å². The highest BCUT2D eigenvalue weighted by atomic mass is 16.7. The van der Waals surface area contributed by atoms with E-state index in [4.69, 9.17) is 24.6 Å². The Hall–Kier alpha value is -4.29. The third-order valence-corrected chi connectivity index (χ3v) is 28.5. The average molecular weight is 1810 g/mol. The smallest absolute Gasteiger partial charge is 0.311 e. The molecule has 4 heterocycles. The van der Waals surface area contributed by atoms with E-state index < -0.39 is 24.4 Å². The van der Waals surface area contributed by atoms with Crippen LogP contribution in [0.15, 0.2) is 41.6 Å². The lowest BCUT2D eigenvalue weighted by atomic mass is 9.73. The molecule has 4 aliphatic rings. The number of carbonyl (C=O) groups excluding carboxylic acids is 5. The topological polar surface area (TPSA) is 253 Å². The van der Waals surface area contributed by atoms with Crippen molar-refractivity contribution in [3.8, 4) is 0 Å². The predicted octanol–water partition coefficient (Wildman–Crippen LogP) is 37.2. The van der Waals surface area contributed by atoms with E-state index >= 15 is 0 Å². The Morgan fingerprint density at radius 3 is 0.758 bits per heavy atom. The highest BCUT2D eigenvalue weighted by Gasteiger charge is 2.46. The molecule has 2 N–H and O–H groups in total. The number of rotatable bonds is 88. The summed E-state index contributed by atoms with van der Waals surface area (Å²) in [4.78, 5) is 78.3. The fourth-order valence-electron chi connectivity index (χ4n) is 18.9. The number of amides is 5. The minimum atomic E-state index is -0.478. The maximum absolute atomic E-state index is 11.9. The van der Waals surface area contributed by atoms with Gasteiger partial charge in [0.2, 0.25) is 30.3 Å². The lowest BCUT2D eigenvalue weighted by Gasteiger charge is -2.33. The quantitative estimate of drug-likeness (QED) is 0.0331. The fourth-order valence-corrected chi connectivity index (χ4v) is 18.9. The fraction of sp³-hybridized carbons (Fsp3) is 0.954. The average Bonchev–Trinajstić information content (AvgIpc) is 1.66. The molecule has 0 bridgehead atoms. The van der Waals surface area contributed by atoms with Crippen molar-refractivity contribution >= 4 is 29.5 Å². The molecule has 4 rings (SSSR count). The summed E-state index contributed by atoms with van der Waals surface area (Å²) in [6, 6.07) is 0. The van der Waals surface area contributed by atoms with E-state index in [1.807, 2.05) is 0 Å². The molecule has 5 amide bonds. The molecule has 0 aromatic carbocycles. The Morgan fingerprint density at radius 1 is 0.281 bits per heavy atom. The van der Waals surface area contributed by atoms with E-state index in [0.29, 0.717) is 6.42 Å². The van der Waals surface area contributed by atoms with Gasteiger partial charge >= 0.3 is 23.6 Å². The molecule has 6 atom stereocenters. The number of hydrogen-bond acceptors (Lipinski definition) is 14. The molecular weight excluding hydrogens is 1600 g/mol. The van der Waals surface area contributed by atoms with Crippen molar-refractivity contribution in [2.45, 2.75) is 647 Å². The first kappa shape index (κ1) is 124. The minimum absolute atomic E-state index is 0.0862. The van der Waals surface area contributed by atoms with Crippen molar-refractivity contribution in [2.75, 3.05) is 0 Å². The Labute approximate surface area is 789 Å². The first-order valence-electron chi connectivity index (χ1n) is 55.9. The van der Waals surface area contributed by atoms with Crippen LogP contribution in [0.1, 0.15) is 622 Å². The van der Waals surface area contributed by atoms with E-state index in [0.717, 1.165) is 77.0 Å². The summed E-state index contributed by atoms with van der Waals surface area (Å²) >= 11 is 0. The normalized spacial score (nSPS) is 16.4. The zero-order chi connectivity index (χ0) is 93.9. The molecule has 128 heavy (non-hydrogen) atoms. The Balaban J connectivity index is 0.00000158. The zero-order valence-corrected chi connectivity index (χ0v) is 86.5. The first-order valence-corrected chi connectivity index (χ1v) is 55.9. The van der Waals surface area contributed by atoms with Crippen LogP contribution in [-0.4, -0.2) is 59.2 Å². The van der Waals surface area contributed by atoms with Crippen LogP contribution in [0.25, 0.3) is 0 Å². The molecule has 4 aliphatic heterocycles. The number of hydrogen-bond donors (Lipinski definition) is 2. The van der Waals surface area contributed by atoms with Crippen LogP contribution in [0.3, 0.4) is 0 Å². The number of nitrogens with one attached hydrogen (secondary N) is 1. The van der Waals surface area contributed by atoms with Crippen LogP contribution in [0, 0.1) is 22.2 Å². The lowest BCUT2D eigenvalue weighted by Crippen LogP contribution is -2.38. The van der Waals surface area contributed by atoms with Gasteiger partial charge in [0.05, 0.1) is 0 Å². The van der Waals surface area contributed by atoms with Crippen molar-refractivity contribution in [1.82, 2.24) is 5.48 Å². The lowest BCUT2D eigenvalue weighted by molar-refractivity contribution is -0.133. The van der Waals surface area contributed by atoms with Gasteiger partial charge in [-0.05, 0) is 57.8 Å². The third-order valence-electron chi connectivity index (χ3n) is 28.5. The van der Waals surface area contributed by atoms with Crippen molar-refractivity contribution in [1.29, 1.82) is 0 Å². The van der Waals surface area contributed by atoms with E-state index in [-0.39, 0.29) is 51.7 Å². The van der Waals surface area contributed by atoms with Crippen LogP contribution in [0.4, 0.5) is 0 Å². The van der Waals surface area contributed by atoms with Gasteiger partial charge in [0.15, 0.2) is 0 Å². The molecule has 0 fully saturated rings. The van der Waals surface area contributed by atoms with Crippen molar-refractivity contribution in [3.63, 3.8) is 0 Å². The van der Waals surface area contributed by atoms with Crippen molar-refractivity contribution in [3.05, 3.63) is 0 Å². The molecule has 6 unspecified atom stereocenters. The van der Waals surface area contributed by atoms with Crippen LogP contribution in [-0.2, 0) is 43.3 Å². The predicted molar refractivity (Wildman–Crippen MR) is 536 cm³/mol. The largest absolute Gasteiger partial charge is 0.365 e. The Morgan fingerprint density at radius 2 is 0.516 bits per heavy atom.